The number of nitrogens with zero attached hydrogens (tertiary/aromatic N) is 2. The van der Waals surface area contributed by atoms with Crippen molar-refractivity contribution in [3.8, 4) is 0 Å². The van der Waals surface area contributed by atoms with Gasteiger partial charge in [-0.1, -0.05) is 30.3 Å². The fraction of sp³-hybridized carbons (Fsp3) is 0.385. The molecule has 0 unspecified atom stereocenters. The molecule has 2 N–H and O–H groups in total. The molecule has 1 saturated heterocycles. The summed E-state index contributed by atoms with van der Waals surface area (Å²) in [6, 6.07) is 9.41. The first-order valence-corrected chi connectivity index (χ1v) is 6.17. The van der Waals surface area contributed by atoms with Crippen LogP contribution in [0.25, 0.3) is 0 Å². The Bertz CT molecular complexity index is 450. The Morgan fingerprint density at radius 2 is 2.00 bits per heavy atom. The van der Waals surface area contributed by atoms with Crippen molar-refractivity contribution in [3.63, 3.8) is 0 Å². The zero-order valence-electron chi connectivity index (χ0n) is 10.6. The van der Waals surface area contributed by atoms with Crippen molar-refractivity contribution in [2.24, 2.45) is 5.84 Å². The summed E-state index contributed by atoms with van der Waals surface area (Å²) >= 11 is 0. The fourth-order valence-corrected chi connectivity index (χ4v) is 1.86. The highest BCUT2D eigenvalue weighted by molar-refractivity contribution is 5.82. The van der Waals surface area contributed by atoms with Crippen LogP contribution >= 0.6 is 0 Å². The lowest BCUT2D eigenvalue weighted by molar-refractivity contribution is -0.131. The topological polar surface area (TPSA) is 75.9 Å². The van der Waals surface area contributed by atoms with Crippen LogP contribution in [0.2, 0.25) is 0 Å². The predicted octanol–water partition coefficient (Wildman–Crippen LogP) is 0.731. The van der Waals surface area contributed by atoms with Crippen LogP contribution in [0, 0.1) is 0 Å². The van der Waals surface area contributed by atoms with E-state index >= 15 is 0 Å². The summed E-state index contributed by atoms with van der Waals surface area (Å²) in [6.45, 7) is 1.12. The molecule has 0 radical (unpaired) electrons. The molecule has 0 spiro atoms. The van der Waals surface area contributed by atoms with E-state index in [0.717, 1.165) is 10.6 Å². The highest BCUT2D eigenvalue weighted by Crippen LogP contribution is 2.06. The van der Waals surface area contributed by atoms with Gasteiger partial charge in [0.2, 0.25) is 0 Å². The lowest BCUT2D eigenvalue weighted by Crippen LogP contribution is -2.42. The van der Waals surface area contributed by atoms with Gasteiger partial charge in [-0.25, -0.2) is 10.6 Å². The van der Waals surface area contributed by atoms with Crippen LogP contribution in [0.4, 0.5) is 4.79 Å². The number of carbonyl (C=O) groups excluding carboxylic acids is 2. The van der Waals surface area contributed by atoms with Gasteiger partial charge in [-0.15, -0.1) is 0 Å². The number of benzene rings is 1. The summed E-state index contributed by atoms with van der Waals surface area (Å²) in [5.41, 5.74) is 0.914. The molecule has 0 atom stereocenters. The van der Waals surface area contributed by atoms with Crippen LogP contribution in [0.5, 0.6) is 0 Å². The maximum Gasteiger partial charge on any atom is 0.410 e. The molecule has 2 amide bonds. The second-order valence-corrected chi connectivity index (χ2v) is 4.40. The first kappa shape index (κ1) is 13.4. The molecular weight excluding hydrogens is 246 g/mol. The minimum Gasteiger partial charge on any atom is -0.445 e. The molecule has 1 aromatic rings. The monoisotopic (exact) mass is 263 g/mol. The number of nitrogens with two attached hydrogens (primary N) is 1. The second-order valence-electron chi connectivity index (χ2n) is 4.40. The summed E-state index contributed by atoms with van der Waals surface area (Å²) in [5.74, 6) is 5.24. The average Bonchev–Trinajstić information content (AvgIpc) is 2.60. The van der Waals surface area contributed by atoms with E-state index in [4.69, 9.17) is 10.6 Å². The van der Waals surface area contributed by atoms with E-state index in [0.29, 0.717) is 19.5 Å². The van der Waals surface area contributed by atoms with Crippen LogP contribution in [-0.2, 0) is 16.1 Å². The van der Waals surface area contributed by atoms with Crippen LogP contribution in [0.15, 0.2) is 30.3 Å². The van der Waals surface area contributed by atoms with E-state index in [-0.39, 0.29) is 19.1 Å². The van der Waals surface area contributed by atoms with Crippen LogP contribution in [0.1, 0.15) is 12.0 Å². The number of hydrazine groups is 1. The number of hydrogen-bond donors (Lipinski definition) is 1. The normalized spacial score (nSPS) is 16.2. The number of amides is 2. The fourth-order valence-electron chi connectivity index (χ4n) is 1.86. The summed E-state index contributed by atoms with van der Waals surface area (Å²) in [7, 11) is 0. The van der Waals surface area contributed by atoms with Gasteiger partial charge in [-0.3, -0.25) is 14.7 Å². The Morgan fingerprint density at radius 3 is 2.74 bits per heavy atom. The first-order chi connectivity index (χ1) is 9.16. The van der Waals surface area contributed by atoms with Gasteiger partial charge in [0.15, 0.2) is 0 Å². The molecule has 102 valence electrons. The molecule has 6 nitrogen and oxygen atoms in total. The van der Waals surface area contributed by atoms with E-state index in [1.54, 1.807) is 0 Å². The SMILES string of the molecule is NN1CCCN(C(=O)OCc2ccccc2)CC1=O. The van der Waals surface area contributed by atoms with Crippen molar-refractivity contribution in [1.29, 1.82) is 0 Å². The Balaban J connectivity index is 1.87. The number of hydrogen-bond acceptors (Lipinski definition) is 4. The molecule has 1 fully saturated rings. The van der Waals surface area contributed by atoms with Gasteiger partial charge < -0.3 is 4.74 Å². The molecule has 1 heterocycles. The molecule has 6 heteroatoms. The molecule has 1 aliphatic rings. The minimum absolute atomic E-state index is 0.0237. The van der Waals surface area contributed by atoms with Crippen LogP contribution in [0.3, 0.4) is 0 Å². The Labute approximate surface area is 111 Å². The molecule has 0 saturated carbocycles. The van der Waals surface area contributed by atoms with E-state index in [1.165, 1.54) is 4.90 Å². The van der Waals surface area contributed by atoms with Gasteiger partial charge in [-0.2, -0.15) is 0 Å². The highest BCUT2D eigenvalue weighted by atomic mass is 16.6. The second kappa shape index (κ2) is 6.19. The maximum atomic E-state index is 11.9. The molecule has 2 rings (SSSR count). The van der Waals surface area contributed by atoms with E-state index in [1.807, 2.05) is 30.3 Å². The summed E-state index contributed by atoms with van der Waals surface area (Å²) in [4.78, 5) is 24.8. The average molecular weight is 263 g/mol. The first-order valence-electron chi connectivity index (χ1n) is 6.17. The largest absolute Gasteiger partial charge is 0.445 e. The number of rotatable bonds is 2. The zero-order chi connectivity index (χ0) is 13.7. The van der Waals surface area contributed by atoms with Crippen molar-refractivity contribution in [3.05, 3.63) is 35.9 Å². The Morgan fingerprint density at radius 1 is 1.26 bits per heavy atom. The van der Waals surface area contributed by atoms with Crippen molar-refractivity contribution < 1.29 is 14.3 Å². The quantitative estimate of drug-likeness (QED) is 0.630. The zero-order valence-corrected chi connectivity index (χ0v) is 10.6. The third kappa shape index (κ3) is 3.69. The summed E-state index contributed by atoms with van der Waals surface area (Å²) in [6.07, 6.45) is 0.176. The van der Waals surface area contributed by atoms with Crippen LogP contribution < -0.4 is 5.84 Å². The highest BCUT2D eigenvalue weighted by Gasteiger charge is 2.24. The van der Waals surface area contributed by atoms with Gasteiger partial charge in [0.1, 0.15) is 13.2 Å². The summed E-state index contributed by atoms with van der Waals surface area (Å²) in [5, 5.41) is 1.14. The number of ether oxygens (including phenoxy) is 1. The lowest BCUT2D eigenvalue weighted by atomic mass is 10.2. The van der Waals surface area contributed by atoms with Crippen molar-refractivity contribution in [1.82, 2.24) is 9.91 Å². The maximum absolute atomic E-state index is 11.9. The molecule has 19 heavy (non-hydrogen) atoms. The smallest absolute Gasteiger partial charge is 0.410 e. The molecule has 0 aromatic heterocycles. The van der Waals surface area contributed by atoms with Crippen LogP contribution in [-0.4, -0.2) is 41.5 Å². The van der Waals surface area contributed by atoms with Gasteiger partial charge in [0.05, 0.1) is 0 Å². The van der Waals surface area contributed by atoms with E-state index < -0.39 is 6.09 Å². The van der Waals surface area contributed by atoms with Gasteiger partial charge in [0, 0.05) is 13.1 Å². The van der Waals surface area contributed by atoms with Gasteiger partial charge in [-0.05, 0) is 12.0 Å². The third-order valence-electron chi connectivity index (χ3n) is 2.94. The predicted molar refractivity (Wildman–Crippen MR) is 68.7 cm³/mol. The standard InChI is InChI=1S/C13H17N3O3/c14-16-8-4-7-15(9-12(16)17)13(18)19-10-11-5-2-1-3-6-11/h1-3,5-6H,4,7-10,14H2. The lowest BCUT2D eigenvalue weighted by Gasteiger charge is -2.19. The summed E-state index contributed by atoms with van der Waals surface area (Å²) < 4.78 is 5.18. The van der Waals surface area contributed by atoms with E-state index in [2.05, 4.69) is 0 Å². The molecule has 1 aromatic carbocycles. The molecule has 1 aliphatic heterocycles. The molecule has 0 aliphatic carbocycles. The van der Waals surface area contributed by atoms with Gasteiger partial charge in [0.25, 0.3) is 5.91 Å². The Hall–Kier alpha value is -2.08. The van der Waals surface area contributed by atoms with Crippen molar-refractivity contribution >= 4 is 12.0 Å². The third-order valence-corrected chi connectivity index (χ3v) is 2.94. The van der Waals surface area contributed by atoms with E-state index in [9.17, 15) is 9.59 Å². The Kier molecular flexibility index (Phi) is 4.35. The molecule has 0 bridgehead atoms. The van der Waals surface area contributed by atoms with Crippen molar-refractivity contribution in [2.45, 2.75) is 13.0 Å². The number of carbonyl (C=O) groups is 2. The van der Waals surface area contributed by atoms with Gasteiger partial charge >= 0.3 is 6.09 Å². The van der Waals surface area contributed by atoms with Crippen molar-refractivity contribution in [2.75, 3.05) is 19.6 Å². The minimum atomic E-state index is -0.479. The molecular formula is C13H17N3O3.